The molecule has 0 aliphatic carbocycles. The maximum Gasteiger partial charge on any atom is 0.131 e. The van der Waals surface area contributed by atoms with Crippen LogP contribution in [0.1, 0.15) is 43.3 Å². The van der Waals surface area contributed by atoms with Gasteiger partial charge in [-0.2, -0.15) is 5.10 Å². The van der Waals surface area contributed by atoms with Gasteiger partial charge < -0.3 is 5.32 Å². The predicted molar refractivity (Wildman–Crippen MR) is 79.1 cm³/mol. The number of aryl methyl sites for hydroxylation is 2. The number of rotatable bonds is 6. The lowest BCUT2D eigenvalue weighted by molar-refractivity contribution is 0.476. The Morgan fingerprint density at radius 1 is 1.24 bits per heavy atom. The Hall–Kier alpha value is -1.75. The third-order valence-corrected chi connectivity index (χ3v) is 3.42. The van der Waals surface area contributed by atoms with E-state index < -0.39 is 17.7 Å². The van der Waals surface area contributed by atoms with Crippen LogP contribution in [-0.4, -0.2) is 16.3 Å². The summed E-state index contributed by atoms with van der Waals surface area (Å²) in [6, 6.07) is 5.31. The Morgan fingerprint density at radius 3 is 2.48 bits per heavy atom. The van der Waals surface area contributed by atoms with Crippen LogP contribution < -0.4 is 5.32 Å². The number of aromatic nitrogens is 2. The van der Waals surface area contributed by atoms with Gasteiger partial charge in [0.05, 0.1) is 17.4 Å². The number of benzene rings is 1. The molecular weight excluding hydrogens is 272 g/mol. The molecule has 114 valence electrons. The summed E-state index contributed by atoms with van der Waals surface area (Å²) in [5.41, 5.74) is 1.68. The highest BCUT2D eigenvalue weighted by Gasteiger charge is 2.24. The molecule has 0 aliphatic heterocycles. The highest BCUT2D eigenvalue weighted by molar-refractivity contribution is 5.31. The molecule has 1 atom stereocenters. The Kier molecular flexibility index (Phi) is 5.07. The summed E-state index contributed by atoms with van der Waals surface area (Å²) in [6.45, 7) is 7.19. The topological polar surface area (TPSA) is 29.9 Å². The molecule has 21 heavy (non-hydrogen) atoms. The number of hydrogen-bond acceptors (Lipinski definition) is 2. The average Bonchev–Trinajstić information content (AvgIpc) is 2.83. The molecular formula is C16H21F2N3. The van der Waals surface area contributed by atoms with Crippen LogP contribution in [-0.2, 0) is 6.54 Å². The quantitative estimate of drug-likeness (QED) is 0.882. The van der Waals surface area contributed by atoms with Crippen LogP contribution in [0.3, 0.4) is 0 Å². The van der Waals surface area contributed by atoms with Gasteiger partial charge in [-0.3, -0.25) is 4.68 Å². The van der Waals surface area contributed by atoms with Crippen LogP contribution in [0, 0.1) is 18.6 Å². The van der Waals surface area contributed by atoms with Gasteiger partial charge in [-0.05, 0) is 45.0 Å². The normalized spacial score (nSPS) is 12.6. The second kappa shape index (κ2) is 6.80. The molecule has 1 heterocycles. The molecule has 0 bridgehead atoms. The molecule has 0 amide bonds. The van der Waals surface area contributed by atoms with Crippen molar-refractivity contribution in [3.63, 3.8) is 0 Å². The van der Waals surface area contributed by atoms with E-state index in [4.69, 9.17) is 0 Å². The van der Waals surface area contributed by atoms with Crippen molar-refractivity contribution in [1.82, 2.24) is 15.1 Å². The fourth-order valence-electron chi connectivity index (χ4n) is 2.48. The van der Waals surface area contributed by atoms with Gasteiger partial charge >= 0.3 is 0 Å². The fourth-order valence-corrected chi connectivity index (χ4v) is 2.48. The average molecular weight is 293 g/mol. The smallest absolute Gasteiger partial charge is 0.131 e. The van der Waals surface area contributed by atoms with E-state index in [1.165, 1.54) is 18.2 Å². The molecule has 0 spiro atoms. The van der Waals surface area contributed by atoms with Crippen LogP contribution in [0.15, 0.2) is 24.3 Å². The molecule has 2 aromatic rings. The lowest BCUT2D eigenvalue weighted by Crippen LogP contribution is -2.27. The van der Waals surface area contributed by atoms with Crippen molar-refractivity contribution in [1.29, 1.82) is 0 Å². The largest absolute Gasteiger partial charge is 0.305 e. The standard InChI is InChI=1S/C16H21F2N3/c1-4-9-19-16(14-10-11(3)20-21(14)5-2)15-12(17)7-6-8-13(15)18/h6-8,10,16,19H,4-5,9H2,1-3H3. The number of nitrogens with one attached hydrogen (secondary N) is 1. The lowest BCUT2D eigenvalue weighted by atomic mass is 10.0. The van der Waals surface area contributed by atoms with E-state index in [1.54, 1.807) is 4.68 Å². The van der Waals surface area contributed by atoms with Gasteiger partial charge in [0.2, 0.25) is 0 Å². The monoisotopic (exact) mass is 293 g/mol. The van der Waals surface area contributed by atoms with E-state index in [0.29, 0.717) is 13.1 Å². The van der Waals surface area contributed by atoms with Crippen molar-refractivity contribution in [3.05, 3.63) is 52.9 Å². The molecule has 0 aliphatic rings. The minimum absolute atomic E-state index is 0.0561. The van der Waals surface area contributed by atoms with Gasteiger partial charge in [0, 0.05) is 12.1 Å². The number of hydrogen-bond donors (Lipinski definition) is 1. The van der Waals surface area contributed by atoms with Crippen molar-refractivity contribution in [3.8, 4) is 0 Å². The van der Waals surface area contributed by atoms with Crippen LogP contribution in [0.5, 0.6) is 0 Å². The molecule has 2 rings (SSSR count). The van der Waals surface area contributed by atoms with Gasteiger partial charge in [-0.25, -0.2) is 8.78 Å². The second-order valence-corrected chi connectivity index (χ2v) is 5.05. The zero-order valence-corrected chi connectivity index (χ0v) is 12.7. The van der Waals surface area contributed by atoms with Crippen molar-refractivity contribution >= 4 is 0 Å². The van der Waals surface area contributed by atoms with Crippen LogP contribution in [0.4, 0.5) is 8.78 Å². The molecule has 1 aromatic heterocycles. The van der Waals surface area contributed by atoms with Crippen LogP contribution >= 0.6 is 0 Å². The molecule has 1 N–H and O–H groups in total. The molecule has 0 radical (unpaired) electrons. The third-order valence-electron chi connectivity index (χ3n) is 3.42. The van der Waals surface area contributed by atoms with Crippen molar-refractivity contribution < 1.29 is 8.78 Å². The van der Waals surface area contributed by atoms with Gasteiger partial charge in [0.15, 0.2) is 0 Å². The van der Waals surface area contributed by atoms with Gasteiger partial charge in [0.1, 0.15) is 11.6 Å². The van der Waals surface area contributed by atoms with Gasteiger partial charge in [-0.1, -0.05) is 13.0 Å². The van der Waals surface area contributed by atoms with E-state index in [-0.39, 0.29) is 5.56 Å². The second-order valence-electron chi connectivity index (χ2n) is 5.05. The molecule has 5 heteroatoms. The Morgan fingerprint density at radius 2 is 1.90 bits per heavy atom. The molecule has 0 fully saturated rings. The first-order valence-electron chi connectivity index (χ1n) is 7.30. The lowest BCUT2D eigenvalue weighted by Gasteiger charge is -2.21. The highest BCUT2D eigenvalue weighted by atomic mass is 19.1. The van der Waals surface area contributed by atoms with Crippen LogP contribution in [0.25, 0.3) is 0 Å². The minimum Gasteiger partial charge on any atom is -0.305 e. The summed E-state index contributed by atoms with van der Waals surface area (Å²) < 4.78 is 30.1. The Labute approximate surface area is 124 Å². The SMILES string of the molecule is CCCNC(c1c(F)cccc1F)c1cc(C)nn1CC. The maximum absolute atomic E-state index is 14.1. The van der Waals surface area contributed by atoms with E-state index in [2.05, 4.69) is 10.4 Å². The summed E-state index contributed by atoms with van der Waals surface area (Å²) in [4.78, 5) is 0. The maximum atomic E-state index is 14.1. The molecule has 3 nitrogen and oxygen atoms in total. The van der Waals surface area contributed by atoms with E-state index >= 15 is 0 Å². The highest BCUT2D eigenvalue weighted by Crippen LogP contribution is 2.27. The summed E-state index contributed by atoms with van der Waals surface area (Å²) >= 11 is 0. The summed E-state index contributed by atoms with van der Waals surface area (Å²) in [7, 11) is 0. The predicted octanol–water partition coefficient (Wildman–Crippen LogP) is 3.58. The molecule has 0 saturated heterocycles. The van der Waals surface area contributed by atoms with Crippen molar-refractivity contribution in [2.75, 3.05) is 6.54 Å². The van der Waals surface area contributed by atoms with Gasteiger partial charge in [-0.15, -0.1) is 0 Å². The Bertz CT molecular complexity index is 587. The first-order valence-corrected chi connectivity index (χ1v) is 7.30. The van der Waals surface area contributed by atoms with Crippen molar-refractivity contribution in [2.45, 2.75) is 39.8 Å². The van der Waals surface area contributed by atoms with Gasteiger partial charge in [0.25, 0.3) is 0 Å². The minimum atomic E-state index is -0.537. The molecule has 1 unspecified atom stereocenters. The fraction of sp³-hybridized carbons (Fsp3) is 0.438. The summed E-state index contributed by atoms with van der Waals surface area (Å²) in [5.74, 6) is -1.07. The molecule has 1 aromatic carbocycles. The third kappa shape index (κ3) is 3.29. The van der Waals surface area contributed by atoms with E-state index in [1.807, 2.05) is 26.8 Å². The summed E-state index contributed by atoms with van der Waals surface area (Å²) in [5, 5.41) is 7.61. The first kappa shape index (κ1) is 15.6. The van der Waals surface area contributed by atoms with Crippen molar-refractivity contribution in [2.24, 2.45) is 0 Å². The van der Waals surface area contributed by atoms with E-state index in [0.717, 1.165) is 17.8 Å². The first-order chi connectivity index (χ1) is 10.1. The zero-order chi connectivity index (χ0) is 15.4. The van der Waals surface area contributed by atoms with Crippen LogP contribution in [0.2, 0.25) is 0 Å². The zero-order valence-electron chi connectivity index (χ0n) is 12.7. The Balaban J connectivity index is 2.52. The number of nitrogens with zero attached hydrogens (tertiary/aromatic N) is 2. The number of halogens is 2. The summed E-state index contributed by atoms with van der Waals surface area (Å²) in [6.07, 6.45) is 0.881. The van der Waals surface area contributed by atoms with E-state index in [9.17, 15) is 8.78 Å². The molecule has 0 saturated carbocycles.